The predicted molar refractivity (Wildman–Crippen MR) is 110 cm³/mol. The SMILES string of the molecule is CN(C(=O)C1CCN(c2ccc(-c3ccncc3)nn2)CC1)c1ccccc1. The molecular weight excluding hydrogens is 350 g/mol. The molecule has 0 unspecified atom stereocenters. The molecule has 2 aromatic heterocycles. The molecule has 1 saturated heterocycles. The van der Waals surface area contributed by atoms with Gasteiger partial charge in [-0.3, -0.25) is 9.78 Å². The van der Waals surface area contributed by atoms with Gasteiger partial charge in [-0.1, -0.05) is 18.2 Å². The van der Waals surface area contributed by atoms with Gasteiger partial charge in [0.05, 0.1) is 5.69 Å². The van der Waals surface area contributed by atoms with Gasteiger partial charge in [0.1, 0.15) is 0 Å². The largest absolute Gasteiger partial charge is 0.355 e. The number of carbonyl (C=O) groups is 1. The third-order valence-corrected chi connectivity index (χ3v) is 5.27. The lowest BCUT2D eigenvalue weighted by molar-refractivity contribution is -0.122. The van der Waals surface area contributed by atoms with Crippen molar-refractivity contribution >= 4 is 17.4 Å². The second kappa shape index (κ2) is 8.17. The molecule has 1 aliphatic heterocycles. The maximum Gasteiger partial charge on any atom is 0.229 e. The Balaban J connectivity index is 1.37. The topological polar surface area (TPSA) is 62.2 Å². The van der Waals surface area contributed by atoms with Crippen LogP contribution >= 0.6 is 0 Å². The molecule has 3 heterocycles. The summed E-state index contributed by atoms with van der Waals surface area (Å²) in [6.45, 7) is 1.62. The zero-order valence-corrected chi connectivity index (χ0v) is 15.9. The van der Waals surface area contributed by atoms with Crippen LogP contribution in [0, 0.1) is 5.92 Å². The Bertz CT molecular complexity index is 907. The van der Waals surface area contributed by atoms with E-state index in [9.17, 15) is 4.79 Å². The van der Waals surface area contributed by atoms with Gasteiger partial charge in [-0.25, -0.2) is 0 Å². The minimum atomic E-state index is 0.0468. The highest BCUT2D eigenvalue weighted by atomic mass is 16.2. The monoisotopic (exact) mass is 373 g/mol. The summed E-state index contributed by atoms with van der Waals surface area (Å²) in [6, 6.07) is 17.6. The Morgan fingerprint density at radius 1 is 0.964 bits per heavy atom. The van der Waals surface area contributed by atoms with E-state index in [-0.39, 0.29) is 11.8 Å². The Morgan fingerprint density at radius 3 is 2.32 bits per heavy atom. The Morgan fingerprint density at radius 2 is 1.68 bits per heavy atom. The van der Waals surface area contributed by atoms with Gasteiger partial charge in [-0.2, -0.15) is 0 Å². The molecule has 28 heavy (non-hydrogen) atoms. The number of amides is 1. The van der Waals surface area contributed by atoms with Crippen LogP contribution in [-0.4, -0.2) is 41.2 Å². The second-order valence-electron chi connectivity index (χ2n) is 7.01. The standard InChI is InChI=1S/C22H23N5O/c1-26(19-5-3-2-4-6-19)22(28)18-11-15-27(16-12-18)21-8-7-20(24-25-21)17-9-13-23-14-10-17/h2-10,13-14,18H,11-12,15-16H2,1H3. The predicted octanol–water partition coefficient (Wildman–Crippen LogP) is 3.42. The zero-order valence-electron chi connectivity index (χ0n) is 15.9. The molecule has 0 radical (unpaired) electrons. The molecule has 4 rings (SSSR count). The Labute approximate surface area is 164 Å². The van der Waals surface area contributed by atoms with Gasteiger partial charge >= 0.3 is 0 Å². The molecule has 1 aromatic carbocycles. The number of rotatable bonds is 4. The second-order valence-corrected chi connectivity index (χ2v) is 7.01. The van der Waals surface area contributed by atoms with Crippen LogP contribution in [0.4, 0.5) is 11.5 Å². The summed E-state index contributed by atoms with van der Waals surface area (Å²) in [5.74, 6) is 1.09. The molecule has 0 atom stereocenters. The van der Waals surface area contributed by atoms with Gasteiger partial charge in [0.2, 0.25) is 5.91 Å². The number of benzene rings is 1. The van der Waals surface area contributed by atoms with E-state index in [1.807, 2.05) is 61.6 Å². The summed E-state index contributed by atoms with van der Waals surface area (Å²) in [6.07, 6.45) is 5.14. The number of aromatic nitrogens is 3. The molecule has 6 heteroatoms. The quantitative estimate of drug-likeness (QED) is 0.701. The fourth-order valence-electron chi connectivity index (χ4n) is 3.58. The van der Waals surface area contributed by atoms with Gasteiger partial charge in [0.25, 0.3) is 0 Å². The molecule has 3 aromatic rings. The lowest BCUT2D eigenvalue weighted by Gasteiger charge is -2.33. The third kappa shape index (κ3) is 3.86. The van der Waals surface area contributed by atoms with E-state index in [2.05, 4.69) is 20.1 Å². The van der Waals surface area contributed by atoms with E-state index < -0.39 is 0 Å². The normalized spacial score (nSPS) is 14.7. The van der Waals surface area contributed by atoms with E-state index in [1.54, 1.807) is 17.3 Å². The van der Waals surface area contributed by atoms with Crippen LogP contribution in [0.5, 0.6) is 0 Å². The fraction of sp³-hybridized carbons (Fsp3) is 0.273. The Kier molecular flexibility index (Phi) is 5.28. The van der Waals surface area contributed by atoms with Gasteiger partial charge in [-0.15, -0.1) is 10.2 Å². The lowest BCUT2D eigenvalue weighted by atomic mass is 9.95. The van der Waals surface area contributed by atoms with Crippen molar-refractivity contribution in [1.29, 1.82) is 0 Å². The number of nitrogens with zero attached hydrogens (tertiary/aromatic N) is 5. The van der Waals surface area contributed by atoms with Crippen LogP contribution in [0.15, 0.2) is 67.0 Å². The molecule has 6 nitrogen and oxygen atoms in total. The molecule has 1 fully saturated rings. The highest BCUT2D eigenvalue weighted by Gasteiger charge is 2.28. The van der Waals surface area contributed by atoms with Crippen molar-refractivity contribution < 1.29 is 4.79 Å². The first-order valence-electron chi connectivity index (χ1n) is 9.54. The summed E-state index contributed by atoms with van der Waals surface area (Å²) >= 11 is 0. The summed E-state index contributed by atoms with van der Waals surface area (Å²) in [5.41, 5.74) is 2.77. The average molecular weight is 373 g/mol. The van der Waals surface area contributed by atoms with Gasteiger partial charge in [0, 0.05) is 49.7 Å². The van der Waals surface area contributed by atoms with Crippen molar-refractivity contribution in [3.05, 3.63) is 67.0 Å². The van der Waals surface area contributed by atoms with Crippen LogP contribution < -0.4 is 9.80 Å². The fourth-order valence-corrected chi connectivity index (χ4v) is 3.58. The van der Waals surface area contributed by atoms with Crippen molar-refractivity contribution in [3.8, 4) is 11.3 Å². The number of carbonyl (C=O) groups excluding carboxylic acids is 1. The number of hydrogen-bond acceptors (Lipinski definition) is 5. The smallest absolute Gasteiger partial charge is 0.229 e. The minimum absolute atomic E-state index is 0.0468. The lowest BCUT2D eigenvalue weighted by Crippen LogP contribution is -2.41. The number of piperidine rings is 1. The van der Waals surface area contributed by atoms with Crippen LogP contribution in [0.1, 0.15) is 12.8 Å². The molecule has 0 saturated carbocycles. The van der Waals surface area contributed by atoms with Gasteiger partial charge in [-0.05, 0) is 49.2 Å². The van der Waals surface area contributed by atoms with Crippen molar-refractivity contribution in [2.75, 3.05) is 29.9 Å². The molecule has 1 aliphatic rings. The van der Waals surface area contributed by atoms with E-state index in [0.29, 0.717) is 0 Å². The van der Waals surface area contributed by atoms with Crippen molar-refractivity contribution in [2.45, 2.75) is 12.8 Å². The minimum Gasteiger partial charge on any atom is -0.355 e. The Hall–Kier alpha value is -3.28. The highest BCUT2D eigenvalue weighted by molar-refractivity contribution is 5.94. The van der Waals surface area contributed by atoms with Crippen LogP contribution in [0.3, 0.4) is 0 Å². The summed E-state index contributed by atoms with van der Waals surface area (Å²) < 4.78 is 0. The van der Waals surface area contributed by atoms with Crippen molar-refractivity contribution in [2.24, 2.45) is 5.92 Å². The van der Waals surface area contributed by atoms with E-state index >= 15 is 0 Å². The van der Waals surface area contributed by atoms with Gasteiger partial charge < -0.3 is 9.80 Å². The number of hydrogen-bond donors (Lipinski definition) is 0. The van der Waals surface area contributed by atoms with Crippen molar-refractivity contribution in [1.82, 2.24) is 15.2 Å². The first-order valence-corrected chi connectivity index (χ1v) is 9.54. The number of anilines is 2. The van der Waals surface area contributed by atoms with Crippen LogP contribution in [0.2, 0.25) is 0 Å². The first kappa shape index (κ1) is 18.1. The summed E-state index contributed by atoms with van der Waals surface area (Å²) in [7, 11) is 1.85. The van der Waals surface area contributed by atoms with E-state index in [1.165, 1.54) is 0 Å². The number of pyridine rings is 1. The average Bonchev–Trinajstić information content (AvgIpc) is 2.79. The van der Waals surface area contributed by atoms with Crippen molar-refractivity contribution in [3.63, 3.8) is 0 Å². The van der Waals surface area contributed by atoms with E-state index in [0.717, 1.165) is 48.7 Å². The maximum atomic E-state index is 12.8. The molecule has 0 aliphatic carbocycles. The van der Waals surface area contributed by atoms with Gasteiger partial charge in [0.15, 0.2) is 5.82 Å². The van der Waals surface area contributed by atoms with E-state index in [4.69, 9.17) is 0 Å². The molecule has 142 valence electrons. The molecular formula is C22H23N5O. The van der Waals surface area contributed by atoms with Crippen LogP contribution in [0.25, 0.3) is 11.3 Å². The molecule has 0 spiro atoms. The third-order valence-electron chi connectivity index (χ3n) is 5.27. The number of para-hydroxylation sites is 1. The molecule has 0 bridgehead atoms. The summed E-state index contributed by atoms with van der Waals surface area (Å²) in [4.78, 5) is 20.8. The zero-order chi connectivity index (χ0) is 19.3. The first-order chi connectivity index (χ1) is 13.7. The summed E-state index contributed by atoms with van der Waals surface area (Å²) in [5, 5.41) is 8.74. The maximum absolute atomic E-state index is 12.8. The molecule has 0 N–H and O–H groups in total. The molecule has 1 amide bonds. The highest BCUT2D eigenvalue weighted by Crippen LogP contribution is 2.25. The van der Waals surface area contributed by atoms with Crippen LogP contribution in [-0.2, 0) is 4.79 Å².